The van der Waals surface area contributed by atoms with Crippen molar-refractivity contribution < 1.29 is 9.59 Å². The standard InChI is InChI=1S/C14H17N3O2/c18-13-4-12(8-16-13)14(19)17-5-9-1-2-10-6-15-7-11(10)3-9/h1-3,12,15H,4-8H2,(H,16,18)(H,17,19). The third-order valence-electron chi connectivity index (χ3n) is 3.72. The zero-order chi connectivity index (χ0) is 13.2. The van der Waals surface area contributed by atoms with Crippen LogP contribution in [0.2, 0.25) is 0 Å². The van der Waals surface area contributed by atoms with Crippen LogP contribution in [0, 0.1) is 5.92 Å². The first-order chi connectivity index (χ1) is 9.22. The topological polar surface area (TPSA) is 70.2 Å². The molecule has 1 unspecified atom stereocenters. The molecule has 19 heavy (non-hydrogen) atoms. The second kappa shape index (κ2) is 5.01. The number of nitrogens with one attached hydrogen (secondary N) is 3. The Kier molecular flexibility index (Phi) is 3.21. The third kappa shape index (κ3) is 2.61. The summed E-state index contributed by atoms with van der Waals surface area (Å²) >= 11 is 0. The van der Waals surface area contributed by atoms with Crippen molar-refractivity contribution >= 4 is 11.8 Å². The second-order valence-corrected chi connectivity index (χ2v) is 5.13. The zero-order valence-corrected chi connectivity index (χ0v) is 10.7. The summed E-state index contributed by atoms with van der Waals surface area (Å²) in [4.78, 5) is 22.9. The van der Waals surface area contributed by atoms with Gasteiger partial charge in [-0.3, -0.25) is 9.59 Å². The van der Waals surface area contributed by atoms with E-state index in [0.29, 0.717) is 19.5 Å². The number of amides is 2. The van der Waals surface area contributed by atoms with Crippen LogP contribution in [0.25, 0.3) is 0 Å². The number of carbonyl (C=O) groups excluding carboxylic acids is 2. The van der Waals surface area contributed by atoms with Crippen molar-refractivity contribution in [3.63, 3.8) is 0 Å². The van der Waals surface area contributed by atoms with E-state index < -0.39 is 0 Å². The quantitative estimate of drug-likeness (QED) is 0.718. The van der Waals surface area contributed by atoms with E-state index in [1.54, 1.807) is 0 Å². The normalized spacial score (nSPS) is 21.1. The molecule has 1 atom stereocenters. The molecule has 0 aliphatic carbocycles. The first-order valence-electron chi connectivity index (χ1n) is 6.58. The van der Waals surface area contributed by atoms with E-state index in [-0.39, 0.29) is 17.7 Å². The monoisotopic (exact) mass is 259 g/mol. The lowest BCUT2D eigenvalue weighted by Crippen LogP contribution is -2.31. The molecule has 2 heterocycles. The van der Waals surface area contributed by atoms with Crippen molar-refractivity contribution in [2.75, 3.05) is 6.54 Å². The average molecular weight is 259 g/mol. The highest BCUT2D eigenvalue weighted by Gasteiger charge is 2.27. The maximum Gasteiger partial charge on any atom is 0.225 e. The molecule has 0 radical (unpaired) electrons. The SMILES string of the molecule is O=C1CC(C(=O)NCc2ccc3c(c2)CNC3)CN1. The Morgan fingerprint density at radius 1 is 1.32 bits per heavy atom. The Balaban J connectivity index is 1.57. The van der Waals surface area contributed by atoms with E-state index in [1.165, 1.54) is 11.1 Å². The minimum atomic E-state index is -0.219. The van der Waals surface area contributed by atoms with Gasteiger partial charge in [0.15, 0.2) is 0 Å². The zero-order valence-electron chi connectivity index (χ0n) is 10.7. The van der Waals surface area contributed by atoms with Crippen molar-refractivity contribution in [1.82, 2.24) is 16.0 Å². The second-order valence-electron chi connectivity index (χ2n) is 5.13. The Bertz CT molecular complexity index is 527. The lowest BCUT2D eigenvalue weighted by molar-refractivity contribution is -0.126. The van der Waals surface area contributed by atoms with Gasteiger partial charge < -0.3 is 16.0 Å². The van der Waals surface area contributed by atoms with Crippen LogP contribution >= 0.6 is 0 Å². The smallest absolute Gasteiger partial charge is 0.225 e. The fraction of sp³-hybridized carbons (Fsp3) is 0.429. The van der Waals surface area contributed by atoms with Crippen molar-refractivity contribution in [2.24, 2.45) is 5.92 Å². The van der Waals surface area contributed by atoms with E-state index in [2.05, 4.69) is 28.1 Å². The number of hydrogen-bond acceptors (Lipinski definition) is 3. The molecule has 1 aromatic carbocycles. The highest BCUT2D eigenvalue weighted by Crippen LogP contribution is 2.17. The Morgan fingerprint density at radius 3 is 2.95 bits per heavy atom. The van der Waals surface area contributed by atoms with Crippen molar-refractivity contribution in [2.45, 2.75) is 26.1 Å². The highest BCUT2D eigenvalue weighted by molar-refractivity contribution is 5.89. The van der Waals surface area contributed by atoms with Crippen molar-refractivity contribution in [1.29, 1.82) is 0 Å². The van der Waals surface area contributed by atoms with Gasteiger partial charge in [-0.15, -0.1) is 0 Å². The van der Waals surface area contributed by atoms with Crippen molar-refractivity contribution in [3.05, 3.63) is 34.9 Å². The summed E-state index contributed by atoms with van der Waals surface area (Å²) in [6.45, 7) is 2.81. The van der Waals surface area contributed by atoms with Crippen molar-refractivity contribution in [3.8, 4) is 0 Å². The summed E-state index contributed by atoms with van der Waals surface area (Å²) in [5, 5.41) is 8.87. The minimum Gasteiger partial charge on any atom is -0.355 e. The molecule has 0 bridgehead atoms. The molecule has 5 nitrogen and oxygen atoms in total. The van der Waals surface area contributed by atoms with Gasteiger partial charge in [-0.25, -0.2) is 0 Å². The van der Waals surface area contributed by atoms with E-state index in [1.807, 2.05) is 6.07 Å². The Morgan fingerprint density at radius 2 is 2.16 bits per heavy atom. The van der Waals surface area contributed by atoms with Gasteiger partial charge in [-0.05, 0) is 16.7 Å². The van der Waals surface area contributed by atoms with Gasteiger partial charge in [0.25, 0.3) is 0 Å². The maximum atomic E-state index is 11.9. The highest BCUT2D eigenvalue weighted by atomic mass is 16.2. The van der Waals surface area contributed by atoms with Gasteiger partial charge >= 0.3 is 0 Å². The van der Waals surface area contributed by atoms with Crippen LogP contribution < -0.4 is 16.0 Å². The molecular formula is C14H17N3O2. The molecule has 0 spiro atoms. The fourth-order valence-corrected chi connectivity index (χ4v) is 2.58. The average Bonchev–Trinajstić information content (AvgIpc) is 3.03. The number of fused-ring (bicyclic) bond motifs is 1. The molecule has 0 saturated carbocycles. The predicted octanol–water partition coefficient (Wildman–Crippen LogP) is 0.0421. The van der Waals surface area contributed by atoms with E-state index in [0.717, 1.165) is 18.7 Å². The molecule has 3 N–H and O–H groups in total. The van der Waals surface area contributed by atoms with Gasteiger partial charge in [0.1, 0.15) is 0 Å². The van der Waals surface area contributed by atoms with E-state index in [4.69, 9.17) is 0 Å². The predicted molar refractivity (Wildman–Crippen MR) is 69.9 cm³/mol. The summed E-state index contributed by atoms with van der Waals surface area (Å²) in [5.41, 5.74) is 3.75. The summed E-state index contributed by atoms with van der Waals surface area (Å²) in [6.07, 6.45) is 0.305. The largest absolute Gasteiger partial charge is 0.355 e. The first kappa shape index (κ1) is 12.2. The van der Waals surface area contributed by atoms with Crippen LogP contribution in [0.3, 0.4) is 0 Å². The van der Waals surface area contributed by atoms with Crippen LogP contribution in [-0.2, 0) is 29.2 Å². The Hall–Kier alpha value is -1.88. The molecule has 100 valence electrons. The van der Waals surface area contributed by atoms with Crippen LogP contribution in [0.4, 0.5) is 0 Å². The number of rotatable bonds is 3. The van der Waals surface area contributed by atoms with Crippen LogP contribution in [0.15, 0.2) is 18.2 Å². The summed E-state index contributed by atoms with van der Waals surface area (Å²) in [5.74, 6) is -0.302. The summed E-state index contributed by atoms with van der Waals surface area (Å²) < 4.78 is 0. The Labute approximate surface area is 111 Å². The maximum absolute atomic E-state index is 11.9. The van der Waals surface area contributed by atoms with E-state index >= 15 is 0 Å². The summed E-state index contributed by atoms with van der Waals surface area (Å²) in [6, 6.07) is 6.29. The van der Waals surface area contributed by atoms with Gasteiger partial charge in [-0.1, -0.05) is 18.2 Å². The lowest BCUT2D eigenvalue weighted by Gasteiger charge is -2.10. The van der Waals surface area contributed by atoms with E-state index in [9.17, 15) is 9.59 Å². The van der Waals surface area contributed by atoms with Crippen LogP contribution in [0.1, 0.15) is 23.1 Å². The molecule has 2 amide bonds. The fourth-order valence-electron chi connectivity index (χ4n) is 2.58. The molecule has 0 aromatic heterocycles. The van der Waals surface area contributed by atoms with Gasteiger partial charge in [0.05, 0.1) is 5.92 Å². The number of benzene rings is 1. The molecule has 5 heteroatoms. The van der Waals surface area contributed by atoms with Gasteiger partial charge in [0, 0.05) is 32.6 Å². The lowest BCUT2D eigenvalue weighted by atomic mass is 10.1. The summed E-state index contributed by atoms with van der Waals surface area (Å²) in [7, 11) is 0. The molecule has 3 rings (SSSR count). The van der Waals surface area contributed by atoms with Gasteiger partial charge in [-0.2, -0.15) is 0 Å². The molecular weight excluding hydrogens is 242 g/mol. The molecule has 1 fully saturated rings. The minimum absolute atomic E-state index is 0.0382. The third-order valence-corrected chi connectivity index (χ3v) is 3.72. The first-order valence-corrected chi connectivity index (χ1v) is 6.58. The molecule has 1 aromatic rings. The van der Waals surface area contributed by atoms with Crippen LogP contribution in [-0.4, -0.2) is 18.4 Å². The number of hydrogen-bond donors (Lipinski definition) is 3. The van der Waals surface area contributed by atoms with Crippen LogP contribution in [0.5, 0.6) is 0 Å². The molecule has 1 saturated heterocycles. The number of carbonyl (C=O) groups is 2. The molecule has 2 aliphatic rings. The van der Waals surface area contributed by atoms with Gasteiger partial charge in [0.2, 0.25) is 11.8 Å². The molecule has 2 aliphatic heterocycles.